The molecular weight excluding hydrogens is 380 g/mol. The zero-order valence-corrected chi connectivity index (χ0v) is 17.7. The van der Waals surface area contributed by atoms with E-state index in [1.54, 1.807) is 19.9 Å². The number of nitrogens with zero attached hydrogens (tertiary/aromatic N) is 2. The minimum Gasteiger partial charge on any atom is -0.373 e. The van der Waals surface area contributed by atoms with Gasteiger partial charge in [0.05, 0.1) is 12.2 Å². The van der Waals surface area contributed by atoms with Gasteiger partial charge >= 0.3 is 0 Å². The molecule has 0 bridgehead atoms. The summed E-state index contributed by atoms with van der Waals surface area (Å²) in [5.74, 6) is 0. The van der Waals surface area contributed by atoms with Gasteiger partial charge in [-0.25, -0.2) is 0 Å². The van der Waals surface area contributed by atoms with Crippen molar-refractivity contribution in [3.05, 3.63) is 58.3 Å². The fourth-order valence-electron chi connectivity index (χ4n) is 3.52. The van der Waals surface area contributed by atoms with Crippen molar-refractivity contribution in [3.63, 3.8) is 0 Å². The second-order valence-electron chi connectivity index (χ2n) is 7.25. The van der Waals surface area contributed by atoms with E-state index in [0.717, 1.165) is 5.56 Å². The molecule has 27 heavy (non-hydrogen) atoms. The lowest BCUT2D eigenvalue weighted by Gasteiger charge is -2.39. The van der Waals surface area contributed by atoms with Crippen LogP contribution in [-0.2, 0) is 27.9 Å². The molecule has 3 atom stereocenters. The first kappa shape index (κ1) is 20.5. The average Bonchev–Trinajstić information content (AvgIpc) is 3.12. The van der Waals surface area contributed by atoms with Crippen molar-refractivity contribution in [2.24, 2.45) is 0 Å². The summed E-state index contributed by atoms with van der Waals surface area (Å²) in [5.41, 5.74) is 0.994. The second-order valence-corrected chi connectivity index (χ2v) is 10.2. The smallest absolute Gasteiger partial charge is 0.282 e. The van der Waals surface area contributed by atoms with Gasteiger partial charge in [0.25, 0.3) is 10.2 Å². The molecule has 0 N–H and O–H groups in total. The van der Waals surface area contributed by atoms with E-state index in [-0.39, 0.29) is 18.2 Å². The molecular formula is C20H28N2O3S2. The van der Waals surface area contributed by atoms with Crippen LogP contribution in [0.4, 0.5) is 0 Å². The first-order chi connectivity index (χ1) is 12.9. The molecule has 0 amide bonds. The van der Waals surface area contributed by atoms with E-state index in [9.17, 15) is 8.42 Å². The van der Waals surface area contributed by atoms with Crippen molar-refractivity contribution in [1.29, 1.82) is 0 Å². The molecule has 0 spiro atoms. The molecule has 7 heteroatoms. The highest BCUT2D eigenvalue weighted by molar-refractivity contribution is 7.86. The summed E-state index contributed by atoms with van der Waals surface area (Å²) in [4.78, 5) is 1.19. The highest BCUT2D eigenvalue weighted by Gasteiger charge is 2.37. The summed E-state index contributed by atoms with van der Waals surface area (Å²) in [6.07, 6.45) is 0.503. The zero-order chi connectivity index (χ0) is 19.4. The summed E-state index contributed by atoms with van der Waals surface area (Å²) < 4.78 is 36.1. The molecule has 1 aliphatic rings. The van der Waals surface area contributed by atoms with Crippen molar-refractivity contribution in [3.8, 4) is 0 Å². The van der Waals surface area contributed by atoms with E-state index in [1.807, 2.05) is 62.5 Å². The third kappa shape index (κ3) is 5.18. The van der Waals surface area contributed by atoms with Crippen LogP contribution in [0.25, 0.3) is 0 Å². The van der Waals surface area contributed by atoms with E-state index in [1.165, 1.54) is 4.88 Å². The zero-order valence-electron chi connectivity index (χ0n) is 16.1. The number of thiophene rings is 1. The van der Waals surface area contributed by atoms with E-state index in [2.05, 4.69) is 6.07 Å². The second kappa shape index (κ2) is 8.84. The molecule has 2 heterocycles. The van der Waals surface area contributed by atoms with Crippen molar-refractivity contribution < 1.29 is 13.2 Å². The quantitative estimate of drug-likeness (QED) is 0.704. The maximum Gasteiger partial charge on any atom is 0.282 e. The van der Waals surface area contributed by atoms with Crippen LogP contribution in [0.1, 0.15) is 31.2 Å². The van der Waals surface area contributed by atoms with Gasteiger partial charge in [-0.15, -0.1) is 11.3 Å². The van der Waals surface area contributed by atoms with Gasteiger partial charge in [-0.2, -0.15) is 17.0 Å². The molecule has 1 aromatic carbocycles. The molecule has 0 aliphatic carbocycles. The van der Waals surface area contributed by atoms with Crippen LogP contribution in [0, 0.1) is 0 Å². The predicted octanol–water partition coefficient (Wildman–Crippen LogP) is 3.54. The molecule has 0 saturated carbocycles. The standard InChI is InChI=1S/C20H28N2O3S2/c1-16(12-20-10-7-11-26-20)22(15-19-8-5-4-6-9-19)27(23,24)21-13-17(2)25-18(3)14-21/h4-11,16-18H,12-15H2,1-3H3/t16-,17-,18-/m1/s1. The van der Waals surface area contributed by atoms with Gasteiger partial charge < -0.3 is 4.74 Å². The minimum atomic E-state index is -3.60. The van der Waals surface area contributed by atoms with E-state index in [0.29, 0.717) is 26.1 Å². The number of hydrogen-bond acceptors (Lipinski definition) is 4. The highest BCUT2D eigenvalue weighted by atomic mass is 32.2. The average molecular weight is 409 g/mol. The lowest BCUT2D eigenvalue weighted by molar-refractivity contribution is -0.0458. The van der Waals surface area contributed by atoms with Crippen molar-refractivity contribution in [1.82, 2.24) is 8.61 Å². The Hall–Kier alpha value is -1.25. The number of rotatable bonds is 7. The number of morpholine rings is 1. The number of benzene rings is 1. The van der Waals surface area contributed by atoms with Crippen LogP contribution in [0.5, 0.6) is 0 Å². The summed E-state index contributed by atoms with van der Waals surface area (Å²) in [6.45, 7) is 7.00. The number of ether oxygens (including phenoxy) is 1. The fraction of sp³-hybridized carbons (Fsp3) is 0.500. The van der Waals surface area contributed by atoms with Gasteiger partial charge in [-0.05, 0) is 44.2 Å². The lowest BCUT2D eigenvalue weighted by atomic mass is 10.1. The Bertz CT molecular complexity index is 799. The molecule has 148 valence electrons. The fourth-order valence-corrected chi connectivity index (χ4v) is 6.28. The van der Waals surface area contributed by atoms with E-state index in [4.69, 9.17) is 4.74 Å². The molecule has 1 fully saturated rings. The van der Waals surface area contributed by atoms with Crippen molar-refractivity contribution in [2.75, 3.05) is 13.1 Å². The highest BCUT2D eigenvalue weighted by Crippen LogP contribution is 2.24. The van der Waals surface area contributed by atoms with Crippen LogP contribution in [0.3, 0.4) is 0 Å². The third-order valence-electron chi connectivity index (χ3n) is 4.76. The van der Waals surface area contributed by atoms with Crippen LogP contribution in [-0.4, -0.2) is 48.4 Å². The molecule has 2 aromatic rings. The minimum absolute atomic E-state index is 0.102. The molecule has 0 unspecified atom stereocenters. The Labute approximate surface area is 166 Å². The van der Waals surface area contributed by atoms with Crippen LogP contribution in [0.15, 0.2) is 47.8 Å². The van der Waals surface area contributed by atoms with Crippen molar-refractivity contribution >= 4 is 21.5 Å². The van der Waals surface area contributed by atoms with Gasteiger partial charge in [0.15, 0.2) is 0 Å². The Morgan fingerprint density at radius 1 is 1.15 bits per heavy atom. The lowest BCUT2D eigenvalue weighted by Crippen LogP contribution is -2.54. The summed E-state index contributed by atoms with van der Waals surface area (Å²) in [7, 11) is -3.60. The van der Waals surface area contributed by atoms with Crippen LogP contribution < -0.4 is 0 Å². The normalized spacial score (nSPS) is 22.8. The van der Waals surface area contributed by atoms with E-state index >= 15 is 0 Å². The monoisotopic (exact) mass is 408 g/mol. The van der Waals surface area contributed by atoms with Gasteiger partial charge in [0, 0.05) is 30.6 Å². The van der Waals surface area contributed by atoms with E-state index < -0.39 is 10.2 Å². The Morgan fingerprint density at radius 3 is 2.41 bits per heavy atom. The Balaban J connectivity index is 1.87. The summed E-state index contributed by atoms with van der Waals surface area (Å²) in [6, 6.07) is 13.7. The molecule has 1 aromatic heterocycles. The Kier molecular flexibility index (Phi) is 6.70. The topological polar surface area (TPSA) is 49.9 Å². The van der Waals surface area contributed by atoms with Crippen LogP contribution in [0.2, 0.25) is 0 Å². The molecule has 5 nitrogen and oxygen atoms in total. The maximum absolute atomic E-state index is 13.6. The Morgan fingerprint density at radius 2 is 1.81 bits per heavy atom. The molecule has 1 aliphatic heterocycles. The number of hydrogen-bond donors (Lipinski definition) is 0. The van der Waals surface area contributed by atoms with Gasteiger partial charge in [0.1, 0.15) is 0 Å². The third-order valence-corrected chi connectivity index (χ3v) is 7.69. The first-order valence-electron chi connectivity index (χ1n) is 9.35. The predicted molar refractivity (Wildman–Crippen MR) is 110 cm³/mol. The van der Waals surface area contributed by atoms with Gasteiger partial charge in [-0.3, -0.25) is 0 Å². The first-order valence-corrected chi connectivity index (χ1v) is 11.6. The largest absolute Gasteiger partial charge is 0.373 e. The molecule has 1 saturated heterocycles. The van der Waals surface area contributed by atoms with Crippen LogP contribution >= 0.6 is 11.3 Å². The molecule has 3 rings (SSSR count). The van der Waals surface area contributed by atoms with Gasteiger partial charge in [-0.1, -0.05) is 36.4 Å². The molecule has 0 radical (unpaired) electrons. The summed E-state index contributed by atoms with van der Waals surface area (Å²) >= 11 is 1.67. The van der Waals surface area contributed by atoms with Crippen molar-refractivity contribution in [2.45, 2.75) is 52.0 Å². The maximum atomic E-state index is 13.6. The van der Waals surface area contributed by atoms with Gasteiger partial charge in [0.2, 0.25) is 0 Å². The SMILES string of the molecule is C[C@@H]1CN(S(=O)(=O)N(Cc2ccccc2)[C@H](C)Cc2cccs2)C[C@@H](C)O1. The summed E-state index contributed by atoms with van der Waals surface area (Å²) in [5, 5.41) is 2.03.